The molecule has 2 aromatic heterocycles. The van der Waals surface area contributed by atoms with Crippen molar-refractivity contribution in [3.8, 4) is 0 Å². The highest BCUT2D eigenvalue weighted by Gasteiger charge is 2.11. The molecule has 0 bridgehead atoms. The number of nitrogens with zero attached hydrogens (tertiary/aromatic N) is 1. The Morgan fingerprint density at radius 3 is 3.07 bits per heavy atom. The molecule has 2 heterocycles. The van der Waals surface area contributed by atoms with Gasteiger partial charge in [0.05, 0.1) is 23.6 Å². The number of aryl methyl sites for hydroxylation is 1. The molecule has 1 unspecified atom stereocenters. The van der Waals surface area contributed by atoms with Crippen molar-refractivity contribution in [1.29, 1.82) is 0 Å². The molecule has 0 saturated heterocycles. The Labute approximate surface area is 86.0 Å². The van der Waals surface area contributed by atoms with Crippen molar-refractivity contribution in [2.24, 2.45) is 0 Å². The first-order valence-corrected chi connectivity index (χ1v) is 5.25. The maximum Gasteiger partial charge on any atom is 0.0960 e. The molecule has 1 N–H and O–H groups in total. The summed E-state index contributed by atoms with van der Waals surface area (Å²) in [6, 6.07) is 1.77. The van der Waals surface area contributed by atoms with Crippen LogP contribution in [0, 0.1) is 6.92 Å². The summed E-state index contributed by atoms with van der Waals surface area (Å²) in [7, 11) is 0. The van der Waals surface area contributed by atoms with Gasteiger partial charge >= 0.3 is 0 Å². The van der Waals surface area contributed by atoms with Crippen molar-refractivity contribution >= 4 is 11.3 Å². The minimum absolute atomic E-state index is 0.515. The fourth-order valence-corrected chi connectivity index (χ4v) is 2.05. The molecule has 0 aliphatic rings. The topological polar surface area (TPSA) is 46.3 Å². The van der Waals surface area contributed by atoms with Crippen LogP contribution in [-0.2, 0) is 6.42 Å². The lowest BCUT2D eigenvalue weighted by molar-refractivity contribution is 0.177. The fourth-order valence-electron chi connectivity index (χ4n) is 1.24. The summed E-state index contributed by atoms with van der Waals surface area (Å²) >= 11 is 1.57. The largest absolute Gasteiger partial charge is 0.472 e. The van der Waals surface area contributed by atoms with Crippen molar-refractivity contribution in [3.05, 3.63) is 40.2 Å². The molecule has 0 radical (unpaired) electrons. The zero-order chi connectivity index (χ0) is 9.97. The Kier molecular flexibility index (Phi) is 2.65. The quantitative estimate of drug-likeness (QED) is 0.843. The number of thiazole rings is 1. The molecule has 0 fully saturated rings. The third-order valence-corrected chi connectivity index (χ3v) is 2.95. The summed E-state index contributed by atoms with van der Waals surface area (Å²) in [6.07, 6.45) is 3.16. The van der Waals surface area contributed by atoms with Gasteiger partial charge in [0.25, 0.3) is 0 Å². The number of aliphatic hydroxyl groups is 1. The van der Waals surface area contributed by atoms with E-state index in [0.717, 1.165) is 16.3 Å². The number of furan rings is 1. The van der Waals surface area contributed by atoms with Gasteiger partial charge in [-0.2, -0.15) is 0 Å². The predicted molar refractivity (Wildman–Crippen MR) is 54.2 cm³/mol. The molecule has 74 valence electrons. The monoisotopic (exact) mass is 209 g/mol. The van der Waals surface area contributed by atoms with Crippen molar-refractivity contribution in [3.63, 3.8) is 0 Å². The van der Waals surface area contributed by atoms with Crippen LogP contribution in [0.4, 0.5) is 0 Å². The smallest absolute Gasteiger partial charge is 0.0960 e. The highest BCUT2D eigenvalue weighted by Crippen LogP contribution is 2.20. The Morgan fingerprint density at radius 2 is 2.50 bits per heavy atom. The third-order valence-electron chi connectivity index (χ3n) is 1.96. The number of hydrogen-bond acceptors (Lipinski definition) is 4. The van der Waals surface area contributed by atoms with Gasteiger partial charge in [-0.05, 0) is 13.0 Å². The standard InChI is InChI=1S/C10H11NO2S/c1-7-6-14-10(11-7)4-9(12)8-2-3-13-5-8/h2-3,5-6,9,12H,4H2,1H3. The maximum atomic E-state index is 9.78. The predicted octanol–water partition coefficient (Wildman–Crippen LogP) is 2.32. The van der Waals surface area contributed by atoms with Crippen molar-refractivity contribution < 1.29 is 9.52 Å². The summed E-state index contributed by atoms with van der Waals surface area (Å²) in [5, 5.41) is 12.7. The van der Waals surface area contributed by atoms with Gasteiger partial charge < -0.3 is 9.52 Å². The molecular formula is C10H11NO2S. The third kappa shape index (κ3) is 2.02. The van der Waals surface area contributed by atoms with E-state index in [4.69, 9.17) is 4.42 Å². The van der Waals surface area contributed by atoms with Crippen LogP contribution in [0.3, 0.4) is 0 Å². The maximum absolute atomic E-state index is 9.78. The normalized spacial score (nSPS) is 13.0. The molecule has 4 heteroatoms. The first kappa shape index (κ1) is 9.43. The minimum atomic E-state index is -0.515. The molecule has 0 amide bonds. The van der Waals surface area contributed by atoms with Crippen LogP contribution in [-0.4, -0.2) is 10.1 Å². The summed E-state index contributed by atoms with van der Waals surface area (Å²) in [6.45, 7) is 1.95. The van der Waals surface area contributed by atoms with Gasteiger partial charge in [-0.25, -0.2) is 4.98 Å². The van der Waals surface area contributed by atoms with Gasteiger partial charge in [0.1, 0.15) is 0 Å². The summed E-state index contributed by atoms with van der Waals surface area (Å²) < 4.78 is 4.90. The van der Waals surface area contributed by atoms with Crippen molar-refractivity contribution in [2.45, 2.75) is 19.4 Å². The van der Waals surface area contributed by atoms with Crippen LogP contribution in [0.25, 0.3) is 0 Å². The van der Waals surface area contributed by atoms with Gasteiger partial charge in [0, 0.05) is 23.1 Å². The van der Waals surface area contributed by atoms with E-state index in [2.05, 4.69) is 4.98 Å². The van der Waals surface area contributed by atoms with E-state index in [9.17, 15) is 5.11 Å². The molecule has 0 aromatic carbocycles. The lowest BCUT2D eigenvalue weighted by atomic mass is 10.1. The zero-order valence-electron chi connectivity index (χ0n) is 7.80. The molecule has 2 aromatic rings. The van der Waals surface area contributed by atoms with Gasteiger partial charge in [0.2, 0.25) is 0 Å². The van der Waals surface area contributed by atoms with E-state index in [1.54, 1.807) is 29.9 Å². The van der Waals surface area contributed by atoms with Crippen LogP contribution in [0.2, 0.25) is 0 Å². The number of aromatic nitrogens is 1. The van der Waals surface area contributed by atoms with E-state index in [1.165, 1.54) is 0 Å². The van der Waals surface area contributed by atoms with Crippen LogP contribution in [0.15, 0.2) is 28.4 Å². The lowest BCUT2D eigenvalue weighted by Gasteiger charge is -2.04. The summed E-state index contributed by atoms with van der Waals surface area (Å²) in [4.78, 5) is 4.29. The summed E-state index contributed by atoms with van der Waals surface area (Å²) in [5.41, 5.74) is 1.81. The first-order valence-electron chi connectivity index (χ1n) is 4.37. The first-order chi connectivity index (χ1) is 6.75. The van der Waals surface area contributed by atoms with Crippen LogP contribution in [0.5, 0.6) is 0 Å². The van der Waals surface area contributed by atoms with Gasteiger partial charge in [0.15, 0.2) is 0 Å². The second-order valence-electron chi connectivity index (χ2n) is 3.16. The van der Waals surface area contributed by atoms with E-state index in [0.29, 0.717) is 6.42 Å². The molecule has 1 atom stereocenters. The molecule has 14 heavy (non-hydrogen) atoms. The fraction of sp³-hybridized carbons (Fsp3) is 0.300. The molecule has 0 aliphatic carbocycles. The van der Waals surface area contributed by atoms with Gasteiger partial charge in [-0.1, -0.05) is 0 Å². The summed E-state index contributed by atoms with van der Waals surface area (Å²) in [5.74, 6) is 0. The van der Waals surface area contributed by atoms with Crippen LogP contribution in [0.1, 0.15) is 22.4 Å². The second-order valence-corrected chi connectivity index (χ2v) is 4.10. The molecule has 3 nitrogen and oxygen atoms in total. The van der Waals surface area contributed by atoms with Crippen molar-refractivity contribution in [2.75, 3.05) is 0 Å². The Balaban J connectivity index is 2.05. The number of aliphatic hydroxyl groups excluding tert-OH is 1. The minimum Gasteiger partial charge on any atom is -0.472 e. The Morgan fingerprint density at radius 1 is 1.64 bits per heavy atom. The van der Waals surface area contributed by atoms with Crippen LogP contribution >= 0.6 is 11.3 Å². The van der Waals surface area contributed by atoms with E-state index in [-0.39, 0.29) is 0 Å². The molecule has 0 saturated carbocycles. The van der Waals surface area contributed by atoms with E-state index in [1.807, 2.05) is 12.3 Å². The molecule has 0 spiro atoms. The van der Waals surface area contributed by atoms with E-state index >= 15 is 0 Å². The van der Waals surface area contributed by atoms with Crippen molar-refractivity contribution in [1.82, 2.24) is 4.98 Å². The van der Waals surface area contributed by atoms with Gasteiger partial charge in [-0.3, -0.25) is 0 Å². The molecule has 0 aliphatic heterocycles. The number of hydrogen-bond donors (Lipinski definition) is 1. The molecule has 2 rings (SSSR count). The lowest BCUT2D eigenvalue weighted by Crippen LogP contribution is -1.99. The van der Waals surface area contributed by atoms with Crippen LogP contribution < -0.4 is 0 Å². The number of rotatable bonds is 3. The molecular weight excluding hydrogens is 198 g/mol. The second kappa shape index (κ2) is 3.94. The van der Waals surface area contributed by atoms with Gasteiger partial charge in [-0.15, -0.1) is 11.3 Å². The average molecular weight is 209 g/mol. The zero-order valence-corrected chi connectivity index (χ0v) is 8.62. The Bertz CT molecular complexity index is 394. The Hall–Kier alpha value is -1.13. The average Bonchev–Trinajstić information content (AvgIpc) is 2.75. The highest BCUT2D eigenvalue weighted by atomic mass is 32.1. The highest BCUT2D eigenvalue weighted by molar-refractivity contribution is 7.09. The SMILES string of the molecule is Cc1csc(CC(O)c2ccoc2)n1. The van der Waals surface area contributed by atoms with E-state index < -0.39 is 6.10 Å².